The monoisotopic (exact) mass is 290 g/mol. The number of phenols is 1. The third kappa shape index (κ3) is 2.00. The molecule has 0 aromatic heterocycles. The van der Waals surface area contributed by atoms with Crippen molar-refractivity contribution in [2.75, 3.05) is 0 Å². The Balaban J connectivity index is 2.21. The number of fused-ring (bicyclic) bond motifs is 3. The molecule has 0 saturated carbocycles. The van der Waals surface area contributed by atoms with Crippen molar-refractivity contribution < 1.29 is 24.2 Å². The van der Waals surface area contributed by atoms with Gasteiger partial charge in [-0.25, -0.2) is 0 Å². The van der Waals surface area contributed by atoms with Crippen LogP contribution >= 0.6 is 0 Å². The van der Waals surface area contributed by atoms with Crippen LogP contribution in [0.2, 0.25) is 0 Å². The van der Waals surface area contributed by atoms with Gasteiger partial charge in [0, 0.05) is 12.3 Å². The fourth-order valence-electron chi connectivity index (χ4n) is 3.57. The topological polar surface area (TPSA) is 72.8 Å². The SMILES string of the molecule is CC1(C)O[C@H](C=O)[C@H]2CC(=O)c3c(O)cccc3[C@]2(C)O1. The van der Waals surface area contributed by atoms with E-state index in [1.54, 1.807) is 26.0 Å². The highest BCUT2D eigenvalue weighted by molar-refractivity contribution is 6.02. The minimum absolute atomic E-state index is 0.0484. The van der Waals surface area contributed by atoms with E-state index < -0.39 is 23.4 Å². The summed E-state index contributed by atoms with van der Waals surface area (Å²) in [7, 11) is 0. The van der Waals surface area contributed by atoms with Crippen molar-refractivity contribution in [3.05, 3.63) is 29.3 Å². The Kier molecular flexibility index (Phi) is 2.97. The molecule has 0 spiro atoms. The van der Waals surface area contributed by atoms with Crippen LogP contribution in [0.5, 0.6) is 5.75 Å². The minimum Gasteiger partial charge on any atom is -0.507 e. The van der Waals surface area contributed by atoms with Crippen LogP contribution in [0.3, 0.4) is 0 Å². The van der Waals surface area contributed by atoms with Crippen molar-refractivity contribution in [2.45, 2.75) is 44.7 Å². The van der Waals surface area contributed by atoms with E-state index in [1.165, 1.54) is 6.07 Å². The average molecular weight is 290 g/mol. The molecule has 0 radical (unpaired) electrons. The quantitative estimate of drug-likeness (QED) is 0.802. The van der Waals surface area contributed by atoms with Crippen molar-refractivity contribution in [1.82, 2.24) is 0 Å². The van der Waals surface area contributed by atoms with E-state index >= 15 is 0 Å². The lowest BCUT2D eigenvalue weighted by Crippen LogP contribution is -2.58. The van der Waals surface area contributed by atoms with Gasteiger partial charge in [0.05, 0.1) is 5.56 Å². The predicted octanol–water partition coefficient (Wildman–Crippen LogP) is 2.16. The highest BCUT2D eigenvalue weighted by atomic mass is 16.7. The van der Waals surface area contributed by atoms with E-state index in [2.05, 4.69) is 0 Å². The van der Waals surface area contributed by atoms with Gasteiger partial charge in [-0.2, -0.15) is 0 Å². The average Bonchev–Trinajstić information content (AvgIpc) is 2.39. The third-order valence-corrected chi connectivity index (χ3v) is 4.38. The number of ether oxygens (including phenoxy) is 2. The lowest BCUT2D eigenvalue weighted by atomic mass is 9.68. The molecule has 0 unspecified atom stereocenters. The molecule has 3 atom stereocenters. The Bertz CT molecular complexity index is 621. The largest absolute Gasteiger partial charge is 0.507 e. The summed E-state index contributed by atoms with van der Waals surface area (Å²) >= 11 is 0. The van der Waals surface area contributed by atoms with Gasteiger partial charge in [-0.05, 0) is 32.4 Å². The Morgan fingerprint density at radius 2 is 2.05 bits per heavy atom. The number of carbonyl (C=O) groups is 2. The first-order valence-corrected chi connectivity index (χ1v) is 6.97. The molecule has 5 nitrogen and oxygen atoms in total. The third-order valence-electron chi connectivity index (χ3n) is 4.38. The zero-order valence-electron chi connectivity index (χ0n) is 12.3. The summed E-state index contributed by atoms with van der Waals surface area (Å²) in [4.78, 5) is 23.7. The standard InChI is InChI=1S/C16H18O5/c1-15(2)20-13(8-17)10-7-12(19)14-9(16(10,3)21-15)5-4-6-11(14)18/h4-6,8,10,13,18H,7H2,1-3H3/t10-,13-,16+/m1/s1. The molecule has 2 aliphatic rings. The van der Waals surface area contributed by atoms with Crippen LogP contribution in [-0.2, 0) is 19.9 Å². The number of aldehydes is 1. The van der Waals surface area contributed by atoms with E-state index in [4.69, 9.17) is 9.47 Å². The molecule has 112 valence electrons. The van der Waals surface area contributed by atoms with Crippen LogP contribution in [-0.4, -0.2) is 29.1 Å². The first-order valence-electron chi connectivity index (χ1n) is 6.97. The van der Waals surface area contributed by atoms with Crippen molar-refractivity contribution in [3.63, 3.8) is 0 Å². The smallest absolute Gasteiger partial charge is 0.167 e. The number of carbonyl (C=O) groups excluding carboxylic acids is 2. The van der Waals surface area contributed by atoms with Crippen molar-refractivity contribution in [2.24, 2.45) is 5.92 Å². The van der Waals surface area contributed by atoms with Crippen LogP contribution in [0.15, 0.2) is 18.2 Å². The van der Waals surface area contributed by atoms with Crippen molar-refractivity contribution in [1.29, 1.82) is 0 Å². The molecule has 1 fully saturated rings. The summed E-state index contributed by atoms with van der Waals surface area (Å²) in [6.45, 7) is 5.33. The number of hydrogen-bond donors (Lipinski definition) is 1. The fraction of sp³-hybridized carbons (Fsp3) is 0.500. The first-order chi connectivity index (χ1) is 9.78. The summed E-state index contributed by atoms with van der Waals surface area (Å²) in [5.74, 6) is -1.58. The van der Waals surface area contributed by atoms with Crippen LogP contribution in [0.1, 0.15) is 43.1 Å². The van der Waals surface area contributed by atoms with E-state index in [0.29, 0.717) is 11.1 Å². The number of ketones is 1. The molecule has 1 aliphatic heterocycles. The maximum absolute atomic E-state index is 12.3. The summed E-state index contributed by atoms with van der Waals surface area (Å²) in [5.41, 5.74) is 0.0561. The maximum Gasteiger partial charge on any atom is 0.167 e. The molecule has 1 aromatic carbocycles. The van der Waals surface area contributed by atoms with E-state index in [9.17, 15) is 14.7 Å². The van der Waals surface area contributed by atoms with Crippen LogP contribution in [0, 0.1) is 5.92 Å². The molecule has 3 rings (SSSR count). The summed E-state index contributed by atoms with van der Waals surface area (Å²) < 4.78 is 11.7. The second-order valence-electron chi connectivity index (χ2n) is 6.26. The van der Waals surface area contributed by atoms with Gasteiger partial charge in [0.15, 0.2) is 11.6 Å². The van der Waals surface area contributed by atoms with Gasteiger partial charge in [0.2, 0.25) is 0 Å². The van der Waals surface area contributed by atoms with Crippen LogP contribution in [0.4, 0.5) is 0 Å². The fourth-order valence-corrected chi connectivity index (χ4v) is 3.57. The van der Waals surface area contributed by atoms with Gasteiger partial charge in [0.25, 0.3) is 0 Å². The molecule has 1 saturated heterocycles. The van der Waals surface area contributed by atoms with E-state index in [-0.39, 0.29) is 18.0 Å². The van der Waals surface area contributed by atoms with Crippen LogP contribution < -0.4 is 0 Å². The Labute approximate surface area is 122 Å². The van der Waals surface area contributed by atoms with Gasteiger partial charge in [-0.3, -0.25) is 4.79 Å². The van der Waals surface area contributed by atoms with Gasteiger partial charge >= 0.3 is 0 Å². The normalized spacial score (nSPS) is 34.0. The zero-order chi connectivity index (χ0) is 15.4. The van der Waals surface area contributed by atoms with Gasteiger partial charge in [-0.15, -0.1) is 0 Å². The number of Topliss-reactive ketones (excluding diaryl/α,β-unsaturated/α-hetero) is 1. The van der Waals surface area contributed by atoms with Gasteiger partial charge in [-0.1, -0.05) is 12.1 Å². The van der Waals surface area contributed by atoms with E-state index in [0.717, 1.165) is 6.29 Å². The summed E-state index contributed by atoms with van der Waals surface area (Å²) in [6, 6.07) is 4.93. The van der Waals surface area contributed by atoms with Crippen LogP contribution in [0.25, 0.3) is 0 Å². The maximum atomic E-state index is 12.3. The molecule has 1 N–H and O–H groups in total. The molecule has 0 bridgehead atoms. The summed E-state index contributed by atoms with van der Waals surface area (Å²) in [6.07, 6.45) is 0.132. The Morgan fingerprint density at radius 3 is 2.71 bits per heavy atom. The van der Waals surface area contributed by atoms with Gasteiger partial charge in [0.1, 0.15) is 23.7 Å². The zero-order valence-corrected chi connectivity index (χ0v) is 12.3. The molecule has 21 heavy (non-hydrogen) atoms. The summed E-state index contributed by atoms with van der Waals surface area (Å²) in [5, 5.41) is 10.0. The number of rotatable bonds is 1. The Hall–Kier alpha value is -1.72. The van der Waals surface area contributed by atoms with Crippen molar-refractivity contribution >= 4 is 12.1 Å². The van der Waals surface area contributed by atoms with Crippen molar-refractivity contribution in [3.8, 4) is 5.75 Å². The lowest BCUT2D eigenvalue weighted by molar-refractivity contribution is -0.349. The predicted molar refractivity (Wildman–Crippen MR) is 74.0 cm³/mol. The second-order valence-corrected chi connectivity index (χ2v) is 6.26. The van der Waals surface area contributed by atoms with E-state index in [1.807, 2.05) is 6.92 Å². The number of aromatic hydroxyl groups is 1. The minimum atomic E-state index is -0.944. The van der Waals surface area contributed by atoms with Gasteiger partial charge < -0.3 is 19.4 Å². The number of benzene rings is 1. The Morgan fingerprint density at radius 1 is 1.33 bits per heavy atom. The molecular weight excluding hydrogens is 272 g/mol. The molecular formula is C16H18O5. The second kappa shape index (κ2) is 4.39. The highest BCUT2D eigenvalue weighted by Crippen LogP contribution is 2.51. The number of hydrogen-bond acceptors (Lipinski definition) is 5. The first kappa shape index (κ1) is 14.2. The molecule has 1 heterocycles. The lowest BCUT2D eigenvalue weighted by Gasteiger charge is -2.53. The molecule has 1 aromatic rings. The number of phenolic OH excluding ortho intramolecular Hbond substituents is 1. The molecule has 0 amide bonds. The molecule has 5 heteroatoms. The molecule has 1 aliphatic carbocycles. The highest BCUT2D eigenvalue weighted by Gasteiger charge is 2.55.